The summed E-state index contributed by atoms with van der Waals surface area (Å²) in [6, 6.07) is 7.21. The molecule has 0 atom stereocenters. The van der Waals surface area contributed by atoms with Crippen LogP contribution in [-0.4, -0.2) is 42.7 Å². The van der Waals surface area contributed by atoms with Gasteiger partial charge in [-0.05, 0) is 38.1 Å². The molecule has 0 saturated carbocycles. The fourth-order valence-electron chi connectivity index (χ4n) is 1.98. The number of benzene rings is 1. The summed E-state index contributed by atoms with van der Waals surface area (Å²) < 4.78 is 10.3. The molecule has 1 saturated heterocycles. The molecule has 114 valence electrons. The van der Waals surface area contributed by atoms with Crippen LogP contribution in [0.25, 0.3) is 0 Å². The summed E-state index contributed by atoms with van der Waals surface area (Å²) in [5.41, 5.74) is 0.708. The summed E-state index contributed by atoms with van der Waals surface area (Å²) in [6.45, 7) is 5.24. The molecule has 6 nitrogen and oxygen atoms in total. The quantitative estimate of drug-likeness (QED) is 0.873. The molecule has 0 aliphatic carbocycles. The maximum absolute atomic E-state index is 11.8. The molecular formula is C15H20N2O4. The molecule has 0 bridgehead atoms. The van der Waals surface area contributed by atoms with Crippen molar-refractivity contribution in [3.05, 3.63) is 24.3 Å². The molecule has 2 rings (SSSR count). The Balaban J connectivity index is 1.78. The standard InChI is InChI=1S/C15H20N2O4/c1-11(2)21-13-5-3-12(4-6-13)16-14(18)7-8-17-9-10-20-15(17)19/h3-6,11H,7-10H2,1-2H3,(H,16,18). The number of nitrogens with one attached hydrogen (secondary N) is 1. The topological polar surface area (TPSA) is 67.9 Å². The SMILES string of the molecule is CC(C)Oc1ccc(NC(=O)CCN2CCOC2=O)cc1. The van der Waals surface area contributed by atoms with Gasteiger partial charge in [0.25, 0.3) is 0 Å². The minimum atomic E-state index is -0.349. The number of ether oxygens (including phenoxy) is 2. The zero-order valence-corrected chi connectivity index (χ0v) is 12.3. The Hall–Kier alpha value is -2.24. The number of nitrogens with zero attached hydrogens (tertiary/aromatic N) is 1. The van der Waals surface area contributed by atoms with Crippen molar-refractivity contribution >= 4 is 17.7 Å². The molecule has 1 aliphatic rings. The third-order valence-corrected chi connectivity index (χ3v) is 2.96. The summed E-state index contributed by atoms with van der Waals surface area (Å²) in [5, 5.41) is 2.79. The van der Waals surface area contributed by atoms with Gasteiger partial charge in [-0.1, -0.05) is 0 Å². The van der Waals surface area contributed by atoms with Gasteiger partial charge in [-0.25, -0.2) is 4.79 Å². The molecule has 2 amide bonds. The van der Waals surface area contributed by atoms with Crippen molar-refractivity contribution in [3.63, 3.8) is 0 Å². The molecule has 6 heteroatoms. The van der Waals surface area contributed by atoms with E-state index in [2.05, 4.69) is 5.32 Å². The lowest BCUT2D eigenvalue weighted by atomic mass is 10.3. The van der Waals surface area contributed by atoms with Gasteiger partial charge >= 0.3 is 6.09 Å². The second-order valence-corrected chi connectivity index (χ2v) is 5.09. The van der Waals surface area contributed by atoms with E-state index in [1.165, 1.54) is 4.90 Å². The summed E-state index contributed by atoms with van der Waals surface area (Å²) in [4.78, 5) is 24.6. The summed E-state index contributed by atoms with van der Waals surface area (Å²) in [5.74, 6) is 0.634. The Morgan fingerprint density at radius 3 is 2.67 bits per heavy atom. The fraction of sp³-hybridized carbons (Fsp3) is 0.467. The van der Waals surface area contributed by atoms with Crippen LogP contribution in [0.1, 0.15) is 20.3 Å². The number of cyclic esters (lactones) is 1. The van der Waals surface area contributed by atoms with Gasteiger partial charge in [0.15, 0.2) is 0 Å². The van der Waals surface area contributed by atoms with E-state index in [1.54, 1.807) is 12.1 Å². The van der Waals surface area contributed by atoms with Gasteiger partial charge in [0.05, 0.1) is 12.6 Å². The number of hydrogen-bond donors (Lipinski definition) is 1. The summed E-state index contributed by atoms with van der Waals surface area (Å²) in [7, 11) is 0. The van der Waals surface area contributed by atoms with Crippen LogP contribution in [0.15, 0.2) is 24.3 Å². The van der Waals surface area contributed by atoms with Crippen molar-refractivity contribution < 1.29 is 19.1 Å². The summed E-state index contributed by atoms with van der Waals surface area (Å²) >= 11 is 0. The van der Waals surface area contributed by atoms with Crippen LogP contribution in [-0.2, 0) is 9.53 Å². The number of anilines is 1. The monoisotopic (exact) mass is 292 g/mol. The highest BCUT2D eigenvalue weighted by Crippen LogP contribution is 2.17. The normalized spacial score (nSPS) is 14.2. The zero-order valence-electron chi connectivity index (χ0n) is 12.3. The van der Waals surface area contributed by atoms with Gasteiger partial charge < -0.3 is 19.7 Å². The van der Waals surface area contributed by atoms with Gasteiger partial charge in [0, 0.05) is 18.7 Å². The van der Waals surface area contributed by atoms with Gasteiger partial charge in [-0.2, -0.15) is 0 Å². The van der Waals surface area contributed by atoms with Crippen molar-refractivity contribution in [1.82, 2.24) is 4.90 Å². The first-order chi connectivity index (χ1) is 10.0. The number of rotatable bonds is 6. The second kappa shape index (κ2) is 6.97. The van der Waals surface area contributed by atoms with E-state index >= 15 is 0 Å². The highest BCUT2D eigenvalue weighted by molar-refractivity contribution is 5.91. The van der Waals surface area contributed by atoms with E-state index in [9.17, 15) is 9.59 Å². The maximum atomic E-state index is 11.8. The van der Waals surface area contributed by atoms with Crippen molar-refractivity contribution in [3.8, 4) is 5.75 Å². The van der Waals surface area contributed by atoms with Crippen LogP contribution in [0.4, 0.5) is 10.5 Å². The lowest BCUT2D eigenvalue weighted by Gasteiger charge is -2.13. The Morgan fingerprint density at radius 1 is 1.38 bits per heavy atom. The molecule has 1 N–H and O–H groups in total. The first kappa shape index (κ1) is 15.2. The number of carbonyl (C=O) groups excluding carboxylic acids is 2. The van der Waals surface area contributed by atoms with Crippen molar-refractivity contribution in [2.24, 2.45) is 0 Å². The van der Waals surface area contributed by atoms with E-state index in [0.717, 1.165) is 5.75 Å². The Kier molecular flexibility index (Phi) is 5.03. The van der Waals surface area contributed by atoms with Gasteiger partial charge in [0.1, 0.15) is 12.4 Å². The number of hydrogen-bond acceptors (Lipinski definition) is 4. The Labute approximate surface area is 124 Å². The molecule has 1 fully saturated rings. The van der Waals surface area contributed by atoms with E-state index in [1.807, 2.05) is 26.0 Å². The van der Waals surface area contributed by atoms with Gasteiger partial charge in [0.2, 0.25) is 5.91 Å². The van der Waals surface area contributed by atoms with E-state index in [-0.39, 0.29) is 24.5 Å². The third kappa shape index (κ3) is 4.66. The molecule has 1 aliphatic heterocycles. The molecular weight excluding hydrogens is 272 g/mol. The minimum absolute atomic E-state index is 0.116. The van der Waals surface area contributed by atoms with Crippen LogP contribution >= 0.6 is 0 Å². The molecule has 1 aromatic carbocycles. The van der Waals surface area contributed by atoms with E-state index in [4.69, 9.17) is 9.47 Å². The maximum Gasteiger partial charge on any atom is 0.409 e. The van der Waals surface area contributed by atoms with E-state index in [0.29, 0.717) is 25.4 Å². The molecule has 0 spiro atoms. The highest BCUT2D eigenvalue weighted by atomic mass is 16.6. The first-order valence-corrected chi connectivity index (χ1v) is 7.03. The lowest BCUT2D eigenvalue weighted by Crippen LogP contribution is -2.28. The molecule has 0 unspecified atom stereocenters. The number of amides is 2. The largest absolute Gasteiger partial charge is 0.491 e. The average Bonchev–Trinajstić information content (AvgIpc) is 2.84. The predicted octanol–water partition coefficient (Wildman–Crippen LogP) is 2.25. The molecule has 1 heterocycles. The fourth-order valence-corrected chi connectivity index (χ4v) is 1.98. The van der Waals surface area contributed by atoms with Gasteiger partial charge in [-0.15, -0.1) is 0 Å². The van der Waals surface area contributed by atoms with Crippen LogP contribution in [0.2, 0.25) is 0 Å². The lowest BCUT2D eigenvalue weighted by molar-refractivity contribution is -0.116. The van der Waals surface area contributed by atoms with Crippen LogP contribution in [0.5, 0.6) is 5.75 Å². The number of carbonyl (C=O) groups is 2. The average molecular weight is 292 g/mol. The van der Waals surface area contributed by atoms with Crippen LogP contribution < -0.4 is 10.1 Å². The van der Waals surface area contributed by atoms with Crippen LogP contribution in [0.3, 0.4) is 0 Å². The third-order valence-electron chi connectivity index (χ3n) is 2.96. The highest BCUT2D eigenvalue weighted by Gasteiger charge is 2.22. The molecule has 1 aromatic rings. The molecule has 21 heavy (non-hydrogen) atoms. The zero-order chi connectivity index (χ0) is 15.2. The van der Waals surface area contributed by atoms with Crippen molar-refractivity contribution in [2.45, 2.75) is 26.4 Å². The van der Waals surface area contributed by atoms with Crippen molar-refractivity contribution in [1.29, 1.82) is 0 Å². The Bertz CT molecular complexity index is 499. The van der Waals surface area contributed by atoms with Gasteiger partial charge in [-0.3, -0.25) is 4.79 Å². The second-order valence-electron chi connectivity index (χ2n) is 5.09. The first-order valence-electron chi connectivity index (χ1n) is 7.03. The van der Waals surface area contributed by atoms with E-state index < -0.39 is 0 Å². The summed E-state index contributed by atoms with van der Waals surface area (Å²) in [6.07, 6.45) is 0.0166. The van der Waals surface area contributed by atoms with Crippen molar-refractivity contribution in [2.75, 3.05) is 25.0 Å². The minimum Gasteiger partial charge on any atom is -0.491 e. The smallest absolute Gasteiger partial charge is 0.409 e. The van der Waals surface area contributed by atoms with Crippen LogP contribution in [0, 0.1) is 0 Å². The molecule has 0 radical (unpaired) electrons. The molecule has 0 aromatic heterocycles. The Morgan fingerprint density at radius 2 is 2.10 bits per heavy atom. The predicted molar refractivity (Wildman–Crippen MR) is 78.4 cm³/mol.